The molecule has 0 aliphatic carbocycles. The van der Waals surface area contributed by atoms with Crippen molar-refractivity contribution < 1.29 is 9.53 Å². The van der Waals surface area contributed by atoms with Crippen LogP contribution in [-0.4, -0.2) is 27.5 Å². The van der Waals surface area contributed by atoms with Gasteiger partial charge in [-0.2, -0.15) is 4.80 Å². The summed E-state index contributed by atoms with van der Waals surface area (Å²) in [6, 6.07) is 20.6. The van der Waals surface area contributed by atoms with Crippen LogP contribution in [0.1, 0.15) is 22.8 Å². The highest BCUT2D eigenvalue weighted by molar-refractivity contribution is 6.05. The predicted molar refractivity (Wildman–Crippen MR) is 109 cm³/mol. The number of nitrogens with zero attached hydrogens (tertiary/aromatic N) is 3. The van der Waals surface area contributed by atoms with E-state index >= 15 is 0 Å². The normalized spacial score (nSPS) is 10.8. The van der Waals surface area contributed by atoms with Crippen molar-refractivity contribution >= 4 is 22.6 Å². The van der Waals surface area contributed by atoms with Crippen LogP contribution < -0.4 is 10.1 Å². The molecule has 1 heterocycles. The highest BCUT2D eigenvalue weighted by Crippen LogP contribution is 2.23. The minimum Gasteiger partial charge on any atom is -0.494 e. The Morgan fingerprint density at radius 2 is 1.68 bits per heavy atom. The van der Waals surface area contributed by atoms with E-state index in [1.165, 1.54) is 0 Å². The second kappa shape index (κ2) is 7.52. The van der Waals surface area contributed by atoms with Crippen molar-refractivity contribution in [2.45, 2.75) is 13.8 Å². The summed E-state index contributed by atoms with van der Waals surface area (Å²) < 4.78 is 5.42. The Morgan fingerprint density at radius 3 is 2.36 bits per heavy atom. The summed E-state index contributed by atoms with van der Waals surface area (Å²) in [4.78, 5) is 14.2. The lowest BCUT2D eigenvalue weighted by Crippen LogP contribution is -2.12. The lowest BCUT2D eigenvalue weighted by atomic mass is 10.1. The second-order valence-corrected chi connectivity index (χ2v) is 6.39. The quantitative estimate of drug-likeness (QED) is 0.564. The number of amides is 1. The second-order valence-electron chi connectivity index (χ2n) is 6.39. The predicted octanol–water partition coefficient (Wildman–Crippen LogP) is 4.38. The molecule has 0 spiro atoms. The minimum atomic E-state index is -0.180. The summed E-state index contributed by atoms with van der Waals surface area (Å²) in [7, 11) is 0. The maximum absolute atomic E-state index is 12.6. The van der Waals surface area contributed by atoms with E-state index in [-0.39, 0.29) is 5.91 Å². The average Bonchev–Trinajstić information content (AvgIpc) is 3.12. The first-order chi connectivity index (χ1) is 13.6. The zero-order valence-corrected chi connectivity index (χ0v) is 15.7. The molecule has 6 heteroatoms. The van der Waals surface area contributed by atoms with Crippen LogP contribution in [0.5, 0.6) is 5.75 Å². The molecule has 4 aromatic rings. The molecule has 140 valence electrons. The number of para-hydroxylation sites is 1. The number of benzene rings is 3. The third-order valence-electron chi connectivity index (χ3n) is 4.39. The topological polar surface area (TPSA) is 69.0 Å². The molecule has 0 saturated heterocycles. The van der Waals surface area contributed by atoms with E-state index in [1.54, 1.807) is 29.1 Å². The lowest BCUT2D eigenvalue weighted by molar-refractivity contribution is 0.102. The third kappa shape index (κ3) is 3.57. The van der Waals surface area contributed by atoms with Crippen LogP contribution in [-0.2, 0) is 0 Å². The first-order valence-electron chi connectivity index (χ1n) is 9.11. The number of carbonyl (C=O) groups excluding carboxylic acids is 1. The van der Waals surface area contributed by atoms with E-state index in [1.807, 2.05) is 56.3 Å². The monoisotopic (exact) mass is 372 g/mol. The molecule has 0 aliphatic rings. The van der Waals surface area contributed by atoms with Crippen molar-refractivity contribution in [2.75, 3.05) is 11.9 Å². The fourth-order valence-corrected chi connectivity index (χ4v) is 2.94. The van der Waals surface area contributed by atoms with Gasteiger partial charge in [-0.05, 0) is 67.9 Å². The number of hydrogen-bond donors (Lipinski definition) is 1. The van der Waals surface area contributed by atoms with Crippen molar-refractivity contribution in [3.05, 3.63) is 77.9 Å². The SMILES string of the molecule is CCOc1ccc(C(=O)Nc2cc3nn(-c4ccccc4)nc3cc2C)cc1. The minimum absolute atomic E-state index is 0.180. The van der Waals surface area contributed by atoms with E-state index < -0.39 is 0 Å². The van der Waals surface area contributed by atoms with Gasteiger partial charge in [-0.15, -0.1) is 10.2 Å². The molecule has 0 aliphatic heterocycles. The van der Waals surface area contributed by atoms with E-state index in [4.69, 9.17) is 4.74 Å². The Balaban J connectivity index is 1.59. The summed E-state index contributed by atoms with van der Waals surface area (Å²) in [5, 5.41) is 12.0. The van der Waals surface area contributed by atoms with Crippen LogP contribution in [0.25, 0.3) is 16.7 Å². The Labute approximate surface area is 162 Å². The van der Waals surface area contributed by atoms with Crippen LogP contribution >= 0.6 is 0 Å². The molecule has 28 heavy (non-hydrogen) atoms. The molecule has 0 fully saturated rings. The van der Waals surface area contributed by atoms with Gasteiger partial charge in [-0.1, -0.05) is 18.2 Å². The summed E-state index contributed by atoms with van der Waals surface area (Å²) >= 11 is 0. The number of aromatic nitrogens is 3. The molecule has 1 amide bonds. The van der Waals surface area contributed by atoms with Gasteiger partial charge < -0.3 is 10.1 Å². The molecule has 1 aromatic heterocycles. The molecule has 0 radical (unpaired) electrons. The van der Waals surface area contributed by atoms with E-state index in [0.717, 1.165) is 28.0 Å². The summed E-state index contributed by atoms with van der Waals surface area (Å²) in [6.07, 6.45) is 0. The molecule has 3 aromatic carbocycles. The number of aryl methyl sites for hydroxylation is 1. The van der Waals surface area contributed by atoms with Gasteiger partial charge in [0.1, 0.15) is 16.8 Å². The number of rotatable bonds is 5. The largest absolute Gasteiger partial charge is 0.494 e. The van der Waals surface area contributed by atoms with Crippen molar-refractivity contribution in [3.8, 4) is 11.4 Å². The average molecular weight is 372 g/mol. The molecule has 4 rings (SSSR count). The molecular formula is C22H20N4O2. The number of anilines is 1. The molecule has 1 N–H and O–H groups in total. The van der Waals surface area contributed by atoms with Gasteiger partial charge in [0.2, 0.25) is 0 Å². The number of fused-ring (bicyclic) bond motifs is 1. The maximum atomic E-state index is 12.6. The van der Waals surface area contributed by atoms with E-state index in [9.17, 15) is 4.79 Å². The van der Waals surface area contributed by atoms with Crippen molar-refractivity contribution in [1.29, 1.82) is 0 Å². The molecule has 0 saturated carbocycles. The first kappa shape index (κ1) is 17.7. The fraction of sp³-hybridized carbons (Fsp3) is 0.136. The number of carbonyl (C=O) groups is 1. The van der Waals surface area contributed by atoms with Gasteiger partial charge in [-0.3, -0.25) is 4.79 Å². The van der Waals surface area contributed by atoms with Gasteiger partial charge in [0.05, 0.1) is 12.3 Å². The van der Waals surface area contributed by atoms with Crippen LogP contribution in [0, 0.1) is 6.92 Å². The van der Waals surface area contributed by atoms with Gasteiger partial charge in [0.15, 0.2) is 0 Å². The van der Waals surface area contributed by atoms with Gasteiger partial charge in [-0.25, -0.2) is 0 Å². The standard InChI is InChI=1S/C22H20N4O2/c1-3-28-18-11-9-16(10-12-18)22(27)23-19-14-21-20(13-15(19)2)24-26(25-21)17-7-5-4-6-8-17/h4-14H,3H2,1-2H3,(H,23,27). The molecule has 0 unspecified atom stereocenters. The van der Waals surface area contributed by atoms with Crippen LogP contribution in [0.15, 0.2) is 66.7 Å². The van der Waals surface area contributed by atoms with Crippen LogP contribution in [0.2, 0.25) is 0 Å². The fourth-order valence-electron chi connectivity index (χ4n) is 2.94. The number of nitrogens with one attached hydrogen (secondary N) is 1. The van der Waals surface area contributed by atoms with Gasteiger partial charge in [0.25, 0.3) is 5.91 Å². The first-order valence-corrected chi connectivity index (χ1v) is 9.11. The maximum Gasteiger partial charge on any atom is 0.255 e. The third-order valence-corrected chi connectivity index (χ3v) is 4.39. The number of ether oxygens (including phenoxy) is 1. The summed E-state index contributed by atoms with van der Waals surface area (Å²) in [6.45, 7) is 4.46. The Kier molecular flexibility index (Phi) is 4.76. The molecule has 0 atom stereocenters. The van der Waals surface area contributed by atoms with Gasteiger partial charge in [0, 0.05) is 11.3 Å². The molecule has 6 nitrogen and oxygen atoms in total. The van der Waals surface area contributed by atoms with E-state index in [0.29, 0.717) is 17.9 Å². The molecule has 0 bridgehead atoms. The summed E-state index contributed by atoms with van der Waals surface area (Å²) in [5.41, 5.74) is 4.59. The lowest BCUT2D eigenvalue weighted by Gasteiger charge is -2.09. The Morgan fingerprint density at radius 1 is 1.00 bits per heavy atom. The summed E-state index contributed by atoms with van der Waals surface area (Å²) in [5.74, 6) is 0.565. The highest BCUT2D eigenvalue weighted by atomic mass is 16.5. The van der Waals surface area contributed by atoms with Crippen molar-refractivity contribution in [3.63, 3.8) is 0 Å². The smallest absolute Gasteiger partial charge is 0.255 e. The Hall–Kier alpha value is -3.67. The van der Waals surface area contributed by atoms with E-state index in [2.05, 4.69) is 15.5 Å². The Bertz CT molecular complexity index is 1120. The molecular weight excluding hydrogens is 352 g/mol. The van der Waals surface area contributed by atoms with Gasteiger partial charge >= 0.3 is 0 Å². The zero-order chi connectivity index (χ0) is 19.5. The highest BCUT2D eigenvalue weighted by Gasteiger charge is 2.12. The van der Waals surface area contributed by atoms with Crippen molar-refractivity contribution in [2.24, 2.45) is 0 Å². The van der Waals surface area contributed by atoms with Crippen molar-refractivity contribution in [1.82, 2.24) is 15.0 Å². The van der Waals surface area contributed by atoms with Crippen LogP contribution in [0.3, 0.4) is 0 Å². The number of hydrogen-bond acceptors (Lipinski definition) is 4. The van der Waals surface area contributed by atoms with Crippen LogP contribution in [0.4, 0.5) is 5.69 Å². The zero-order valence-electron chi connectivity index (χ0n) is 15.7.